The molecule has 0 radical (unpaired) electrons. The van der Waals surface area contributed by atoms with Crippen molar-refractivity contribution in [1.82, 2.24) is 20.5 Å². The summed E-state index contributed by atoms with van der Waals surface area (Å²) in [5.74, 6) is 3.02. The molecule has 1 unspecified atom stereocenters. The number of aryl methyl sites for hydroxylation is 1. The number of H-pyrrole nitrogens is 1. The maximum absolute atomic E-state index is 5.50. The molecule has 0 amide bonds. The van der Waals surface area contributed by atoms with Crippen LogP contribution in [0.15, 0.2) is 23.2 Å². The molecule has 2 heterocycles. The second kappa shape index (κ2) is 13.7. The Labute approximate surface area is 208 Å². The third kappa shape index (κ3) is 7.70. The summed E-state index contributed by atoms with van der Waals surface area (Å²) in [7, 11) is 5.17. The molecule has 1 aromatic carbocycles. The topological polar surface area (TPSA) is 83.1 Å². The average molecular weight is 559 g/mol. The Kier molecular flexibility index (Phi) is 11.4. The predicted molar refractivity (Wildman–Crippen MR) is 141 cm³/mol. The fraction of sp³-hybridized carbons (Fsp3) is 0.609. The number of aliphatic imine (C=N–C) groups is 1. The van der Waals surface area contributed by atoms with E-state index in [0.29, 0.717) is 5.92 Å². The van der Waals surface area contributed by atoms with Crippen LogP contribution in [-0.2, 0) is 11.2 Å². The monoisotopic (exact) mass is 559 g/mol. The highest BCUT2D eigenvalue weighted by Crippen LogP contribution is 2.31. The molecular formula is C23H38IN5O3. The Morgan fingerprint density at radius 2 is 1.97 bits per heavy atom. The van der Waals surface area contributed by atoms with Gasteiger partial charge in [-0.15, -0.1) is 24.0 Å². The van der Waals surface area contributed by atoms with E-state index in [9.17, 15) is 0 Å². The van der Waals surface area contributed by atoms with Gasteiger partial charge in [0, 0.05) is 63.0 Å². The lowest BCUT2D eigenvalue weighted by molar-refractivity contribution is 0.0320. The molecule has 1 fully saturated rings. The number of hydrogen-bond donors (Lipinski definition) is 3. The number of hydrogen-bond acceptors (Lipinski definition) is 5. The van der Waals surface area contributed by atoms with Crippen LogP contribution in [-0.4, -0.2) is 83.0 Å². The van der Waals surface area contributed by atoms with Gasteiger partial charge in [-0.1, -0.05) is 6.92 Å². The van der Waals surface area contributed by atoms with Crippen molar-refractivity contribution in [2.45, 2.75) is 19.8 Å². The third-order valence-electron chi connectivity index (χ3n) is 5.62. The highest BCUT2D eigenvalue weighted by molar-refractivity contribution is 14.0. The van der Waals surface area contributed by atoms with Crippen LogP contribution in [0.4, 0.5) is 0 Å². The van der Waals surface area contributed by atoms with Crippen molar-refractivity contribution in [1.29, 1.82) is 0 Å². The summed E-state index contributed by atoms with van der Waals surface area (Å²) in [6.07, 6.45) is 1.94. The minimum atomic E-state index is 0. The SMILES string of the molecule is CN=C(NCCCc1cc2c(OC)cc(OC)cc2[nH]1)NCC(C)CN1CCOCC1.I. The van der Waals surface area contributed by atoms with E-state index >= 15 is 0 Å². The number of rotatable bonds is 10. The Morgan fingerprint density at radius 3 is 2.66 bits per heavy atom. The number of aromatic amines is 1. The summed E-state index contributed by atoms with van der Waals surface area (Å²) in [6.45, 7) is 8.87. The van der Waals surface area contributed by atoms with E-state index in [4.69, 9.17) is 14.2 Å². The summed E-state index contributed by atoms with van der Waals surface area (Å²) in [5, 5.41) is 7.95. The molecule has 0 saturated carbocycles. The summed E-state index contributed by atoms with van der Waals surface area (Å²) in [6, 6.07) is 6.08. The Hall–Kier alpha value is -1.72. The fourth-order valence-corrected chi connectivity index (χ4v) is 3.92. The first-order valence-corrected chi connectivity index (χ1v) is 11.1. The molecule has 8 nitrogen and oxygen atoms in total. The molecular weight excluding hydrogens is 521 g/mol. The maximum atomic E-state index is 5.50. The molecule has 180 valence electrons. The van der Waals surface area contributed by atoms with Gasteiger partial charge in [0.25, 0.3) is 0 Å². The standard InChI is InChI=1S/C23H37N5O3.HI/c1-17(16-28-8-10-31-11-9-28)15-26-23(24-2)25-7-5-6-18-12-20-21(27-18)13-19(29-3)14-22(20)30-4;/h12-14,17,27H,5-11,15-16H2,1-4H3,(H2,24,25,26);1H. The van der Waals surface area contributed by atoms with Crippen LogP contribution in [0.5, 0.6) is 11.5 Å². The Morgan fingerprint density at radius 1 is 1.19 bits per heavy atom. The summed E-state index contributed by atoms with van der Waals surface area (Å²) >= 11 is 0. The molecule has 0 spiro atoms. The zero-order valence-corrected chi connectivity index (χ0v) is 22.0. The van der Waals surface area contributed by atoms with Gasteiger partial charge >= 0.3 is 0 Å². The average Bonchev–Trinajstić information content (AvgIpc) is 3.21. The number of nitrogens with one attached hydrogen (secondary N) is 3. The van der Waals surface area contributed by atoms with Crippen LogP contribution < -0.4 is 20.1 Å². The van der Waals surface area contributed by atoms with Crippen LogP contribution in [0.2, 0.25) is 0 Å². The number of fused-ring (bicyclic) bond motifs is 1. The highest BCUT2D eigenvalue weighted by Gasteiger charge is 2.14. The molecule has 1 aromatic heterocycles. The number of methoxy groups -OCH3 is 2. The summed E-state index contributed by atoms with van der Waals surface area (Å²) in [5.41, 5.74) is 2.22. The number of morpholine rings is 1. The fourth-order valence-electron chi connectivity index (χ4n) is 3.92. The van der Waals surface area contributed by atoms with E-state index in [1.54, 1.807) is 14.2 Å². The van der Waals surface area contributed by atoms with Crippen molar-refractivity contribution in [2.24, 2.45) is 10.9 Å². The Bertz CT molecular complexity index is 852. The maximum Gasteiger partial charge on any atom is 0.190 e. The number of guanidine groups is 1. The molecule has 1 saturated heterocycles. The molecule has 2 aromatic rings. The van der Waals surface area contributed by atoms with Crippen LogP contribution in [0.25, 0.3) is 10.9 Å². The number of aromatic nitrogens is 1. The summed E-state index contributed by atoms with van der Waals surface area (Å²) < 4.78 is 16.3. The van der Waals surface area contributed by atoms with Gasteiger partial charge in [-0.2, -0.15) is 0 Å². The molecule has 1 aliphatic rings. The van der Waals surface area contributed by atoms with Crippen molar-refractivity contribution in [3.63, 3.8) is 0 Å². The first-order chi connectivity index (χ1) is 15.1. The smallest absolute Gasteiger partial charge is 0.190 e. The first kappa shape index (κ1) is 26.5. The van der Waals surface area contributed by atoms with Gasteiger partial charge in [-0.25, -0.2) is 0 Å². The van der Waals surface area contributed by atoms with Crippen molar-refractivity contribution >= 4 is 40.8 Å². The van der Waals surface area contributed by atoms with Crippen molar-refractivity contribution in [2.75, 3.05) is 67.2 Å². The first-order valence-electron chi connectivity index (χ1n) is 11.1. The predicted octanol–water partition coefficient (Wildman–Crippen LogP) is 2.87. The van der Waals surface area contributed by atoms with Gasteiger partial charge in [-0.3, -0.25) is 9.89 Å². The van der Waals surface area contributed by atoms with E-state index < -0.39 is 0 Å². The van der Waals surface area contributed by atoms with Crippen LogP contribution in [0, 0.1) is 5.92 Å². The molecule has 3 rings (SSSR count). The number of halogens is 1. The lowest BCUT2D eigenvalue weighted by Gasteiger charge is -2.29. The lowest BCUT2D eigenvalue weighted by Crippen LogP contribution is -2.44. The van der Waals surface area contributed by atoms with Gasteiger partial charge in [0.05, 0.1) is 33.0 Å². The van der Waals surface area contributed by atoms with E-state index in [1.807, 2.05) is 19.2 Å². The second-order valence-electron chi connectivity index (χ2n) is 8.09. The van der Waals surface area contributed by atoms with Gasteiger partial charge < -0.3 is 29.8 Å². The molecule has 9 heteroatoms. The minimum Gasteiger partial charge on any atom is -0.497 e. The summed E-state index contributed by atoms with van der Waals surface area (Å²) in [4.78, 5) is 10.3. The van der Waals surface area contributed by atoms with Gasteiger partial charge in [0.2, 0.25) is 0 Å². The second-order valence-corrected chi connectivity index (χ2v) is 8.09. The Balaban J connectivity index is 0.00000363. The lowest BCUT2D eigenvalue weighted by atomic mass is 10.1. The largest absolute Gasteiger partial charge is 0.497 e. The highest BCUT2D eigenvalue weighted by atomic mass is 127. The normalized spacial score (nSPS) is 15.8. The number of ether oxygens (including phenoxy) is 3. The van der Waals surface area contributed by atoms with E-state index in [1.165, 1.54) is 5.69 Å². The number of benzene rings is 1. The zero-order chi connectivity index (χ0) is 22.1. The molecule has 0 bridgehead atoms. The van der Waals surface area contributed by atoms with Gasteiger partial charge in [-0.05, 0) is 24.8 Å². The van der Waals surface area contributed by atoms with Crippen LogP contribution in [0.1, 0.15) is 19.0 Å². The van der Waals surface area contributed by atoms with Crippen molar-refractivity contribution < 1.29 is 14.2 Å². The van der Waals surface area contributed by atoms with E-state index in [0.717, 1.165) is 87.1 Å². The van der Waals surface area contributed by atoms with Crippen molar-refractivity contribution in [3.05, 3.63) is 23.9 Å². The molecule has 3 N–H and O–H groups in total. The molecule has 0 aliphatic carbocycles. The quantitative estimate of drug-likeness (QED) is 0.180. The van der Waals surface area contributed by atoms with Gasteiger partial charge in [0.1, 0.15) is 11.5 Å². The van der Waals surface area contributed by atoms with Crippen LogP contribution in [0.3, 0.4) is 0 Å². The van der Waals surface area contributed by atoms with E-state index in [-0.39, 0.29) is 24.0 Å². The molecule has 32 heavy (non-hydrogen) atoms. The minimum absolute atomic E-state index is 0. The zero-order valence-electron chi connectivity index (χ0n) is 19.7. The molecule has 1 aliphatic heterocycles. The third-order valence-corrected chi connectivity index (χ3v) is 5.62. The van der Waals surface area contributed by atoms with Gasteiger partial charge in [0.15, 0.2) is 5.96 Å². The van der Waals surface area contributed by atoms with Crippen molar-refractivity contribution in [3.8, 4) is 11.5 Å². The molecule has 1 atom stereocenters. The number of nitrogens with zero attached hydrogens (tertiary/aromatic N) is 2. The van der Waals surface area contributed by atoms with E-state index in [2.05, 4.69) is 38.5 Å². The van der Waals surface area contributed by atoms with Crippen LogP contribution >= 0.6 is 24.0 Å².